The Hall–Kier alpha value is -1.84. The molecule has 1 aromatic carbocycles. The molecule has 1 aliphatic heterocycles. The van der Waals surface area contributed by atoms with E-state index in [0.29, 0.717) is 5.56 Å². The first-order chi connectivity index (χ1) is 10.7. The summed E-state index contributed by atoms with van der Waals surface area (Å²) in [6.45, 7) is 0. The predicted octanol–water partition coefficient (Wildman–Crippen LogP) is 3.98. The highest BCUT2D eigenvalue weighted by atomic mass is 35.5. The number of rotatable bonds is 4. The van der Waals surface area contributed by atoms with E-state index in [1.165, 1.54) is 12.3 Å². The number of ketones is 1. The van der Waals surface area contributed by atoms with Crippen LogP contribution in [0.5, 0.6) is 0 Å². The number of halogens is 2. The lowest BCUT2D eigenvalue weighted by Crippen LogP contribution is -2.42. The van der Waals surface area contributed by atoms with Crippen molar-refractivity contribution in [3.05, 3.63) is 78.3 Å². The lowest BCUT2D eigenvalue weighted by Gasteiger charge is -2.36. The van der Waals surface area contributed by atoms with Gasteiger partial charge < -0.3 is 4.74 Å². The van der Waals surface area contributed by atoms with Crippen molar-refractivity contribution >= 4 is 29.0 Å². The number of carbonyl (C=O) groups excluding carboxylic acids is 1. The van der Waals surface area contributed by atoms with Crippen LogP contribution in [0.2, 0.25) is 0 Å². The molecule has 0 fully saturated rings. The van der Waals surface area contributed by atoms with Gasteiger partial charge in [0.25, 0.3) is 0 Å². The van der Waals surface area contributed by atoms with Crippen molar-refractivity contribution in [1.29, 1.82) is 0 Å². The summed E-state index contributed by atoms with van der Waals surface area (Å²) in [7, 11) is 0. The summed E-state index contributed by atoms with van der Waals surface area (Å²) in [4.78, 5) is 15.9. The molecule has 2 unspecified atom stereocenters. The van der Waals surface area contributed by atoms with E-state index in [0.717, 1.165) is 5.56 Å². The molecule has 0 aliphatic carbocycles. The zero-order valence-corrected chi connectivity index (χ0v) is 13.0. The molecule has 2 aromatic rings. The monoisotopic (exact) mass is 333 g/mol. The van der Waals surface area contributed by atoms with Gasteiger partial charge in [0.05, 0.1) is 12.2 Å². The second kappa shape index (κ2) is 6.11. The van der Waals surface area contributed by atoms with Crippen molar-refractivity contribution in [1.82, 2.24) is 4.98 Å². The van der Waals surface area contributed by atoms with E-state index in [9.17, 15) is 4.79 Å². The van der Waals surface area contributed by atoms with Crippen LogP contribution in [0.3, 0.4) is 0 Å². The number of carbonyl (C=O) groups is 1. The van der Waals surface area contributed by atoms with Crippen molar-refractivity contribution in [3.8, 4) is 0 Å². The molecule has 0 radical (unpaired) electrons. The number of benzene rings is 1. The summed E-state index contributed by atoms with van der Waals surface area (Å²) in [5.41, 5.74) is 0.174. The number of hydrogen-bond donors (Lipinski definition) is 0. The maximum Gasteiger partial charge on any atom is 0.207 e. The molecule has 1 aliphatic rings. The zero-order valence-electron chi connectivity index (χ0n) is 11.5. The van der Waals surface area contributed by atoms with Crippen LogP contribution in [-0.2, 0) is 15.1 Å². The third-order valence-electron chi connectivity index (χ3n) is 3.78. The first kappa shape index (κ1) is 15.1. The molecule has 2 heterocycles. The molecule has 3 nitrogen and oxygen atoms in total. The smallest absolute Gasteiger partial charge is 0.207 e. The Morgan fingerprint density at radius 1 is 1.09 bits per heavy atom. The van der Waals surface area contributed by atoms with Crippen molar-refractivity contribution in [2.75, 3.05) is 0 Å². The van der Waals surface area contributed by atoms with Gasteiger partial charge in [-0.05, 0) is 11.6 Å². The number of hydrogen-bond acceptors (Lipinski definition) is 3. The highest BCUT2D eigenvalue weighted by Crippen LogP contribution is 2.48. The molecule has 0 N–H and O–H groups in total. The quantitative estimate of drug-likeness (QED) is 0.794. The standard InChI is InChI=1S/C17H13Cl2NO2/c18-16(19)15(12-5-2-1-3-6-12)17(14(21)8-10-22-17)13-7-4-9-20-11-13/h1-11,15-16H. The van der Waals surface area contributed by atoms with E-state index in [4.69, 9.17) is 27.9 Å². The Kier molecular flexibility index (Phi) is 4.19. The minimum absolute atomic E-state index is 0.194. The summed E-state index contributed by atoms with van der Waals surface area (Å²) >= 11 is 12.5. The van der Waals surface area contributed by atoms with E-state index in [1.54, 1.807) is 24.5 Å². The molecule has 3 rings (SSSR count). The van der Waals surface area contributed by atoms with Crippen LogP contribution in [0.15, 0.2) is 67.2 Å². The molecular weight excluding hydrogens is 321 g/mol. The van der Waals surface area contributed by atoms with Gasteiger partial charge in [-0.25, -0.2) is 0 Å². The van der Waals surface area contributed by atoms with Gasteiger partial charge in [0.1, 0.15) is 4.84 Å². The van der Waals surface area contributed by atoms with Gasteiger partial charge in [-0.3, -0.25) is 9.78 Å². The average Bonchev–Trinajstić information content (AvgIpc) is 2.92. The van der Waals surface area contributed by atoms with E-state index in [-0.39, 0.29) is 5.78 Å². The van der Waals surface area contributed by atoms with Gasteiger partial charge in [0.15, 0.2) is 0 Å². The van der Waals surface area contributed by atoms with Crippen LogP contribution in [0.4, 0.5) is 0 Å². The summed E-state index contributed by atoms with van der Waals surface area (Å²) < 4.78 is 5.78. The number of alkyl halides is 2. The average molecular weight is 334 g/mol. The zero-order chi connectivity index (χ0) is 15.6. The maximum absolute atomic E-state index is 12.7. The molecule has 0 amide bonds. The van der Waals surface area contributed by atoms with Gasteiger partial charge in [0, 0.05) is 24.0 Å². The fourth-order valence-electron chi connectivity index (χ4n) is 2.80. The van der Waals surface area contributed by atoms with Gasteiger partial charge in [-0.15, -0.1) is 23.2 Å². The molecule has 112 valence electrons. The second-order valence-electron chi connectivity index (χ2n) is 4.99. The third-order valence-corrected chi connectivity index (χ3v) is 4.28. The number of aromatic nitrogens is 1. The molecule has 5 heteroatoms. The van der Waals surface area contributed by atoms with Crippen LogP contribution < -0.4 is 0 Å². The summed E-state index contributed by atoms with van der Waals surface area (Å²) in [5.74, 6) is -0.746. The Bertz CT molecular complexity index is 688. The highest BCUT2D eigenvalue weighted by Gasteiger charge is 2.53. The second-order valence-corrected chi connectivity index (χ2v) is 6.15. The number of ether oxygens (including phenoxy) is 1. The maximum atomic E-state index is 12.7. The van der Waals surface area contributed by atoms with Crippen molar-refractivity contribution in [2.45, 2.75) is 16.4 Å². The minimum Gasteiger partial charge on any atom is -0.481 e. The Morgan fingerprint density at radius 3 is 2.41 bits per heavy atom. The normalized spacial score (nSPS) is 21.9. The Morgan fingerprint density at radius 2 is 1.86 bits per heavy atom. The largest absolute Gasteiger partial charge is 0.481 e. The fourth-order valence-corrected chi connectivity index (χ4v) is 3.45. The molecule has 22 heavy (non-hydrogen) atoms. The van der Waals surface area contributed by atoms with Crippen LogP contribution in [0.25, 0.3) is 0 Å². The lowest BCUT2D eigenvalue weighted by molar-refractivity contribution is -0.132. The molecule has 1 aromatic heterocycles. The Balaban J connectivity index is 2.19. The topological polar surface area (TPSA) is 39.2 Å². The SMILES string of the molecule is O=C1C=COC1(c1cccnc1)C(c1ccccc1)C(Cl)Cl. The van der Waals surface area contributed by atoms with Crippen molar-refractivity contribution < 1.29 is 9.53 Å². The molecule has 0 saturated carbocycles. The molecule has 2 atom stereocenters. The summed E-state index contributed by atoms with van der Waals surface area (Å²) in [6, 6.07) is 13.0. The summed E-state index contributed by atoms with van der Waals surface area (Å²) in [6.07, 6.45) is 6.04. The molecular formula is C17H13Cl2NO2. The van der Waals surface area contributed by atoms with E-state index < -0.39 is 16.4 Å². The predicted molar refractivity (Wildman–Crippen MR) is 85.8 cm³/mol. The first-order valence-corrected chi connectivity index (χ1v) is 7.66. The highest BCUT2D eigenvalue weighted by molar-refractivity contribution is 6.45. The van der Waals surface area contributed by atoms with Gasteiger partial charge in [-0.2, -0.15) is 0 Å². The van der Waals surface area contributed by atoms with Crippen molar-refractivity contribution in [3.63, 3.8) is 0 Å². The first-order valence-electron chi connectivity index (χ1n) is 6.78. The molecule has 0 saturated heterocycles. The van der Waals surface area contributed by atoms with E-state index >= 15 is 0 Å². The Labute approximate surface area is 138 Å². The van der Waals surface area contributed by atoms with Crippen molar-refractivity contribution in [2.24, 2.45) is 0 Å². The van der Waals surface area contributed by atoms with Gasteiger partial charge >= 0.3 is 0 Å². The molecule has 0 spiro atoms. The minimum atomic E-state index is -1.29. The van der Waals surface area contributed by atoms with Crippen LogP contribution >= 0.6 is 23.2 Å². The molecule has 0 bridgehead atoms. The summed E-state index contributed by atoms with van der Waals surface area (Å²) in [5, 5.41) is 0. The van der Waals surface area contributed by atoms with E-state index in [2.05, 4.69) is 4.98 Å². The fraction of sp³-hybridized carbons (Fsp3) is 0.176. The number of pyridine rings is 1. The van der Waals surface area contributed by atoms with Gasteiger partial charge in [0.2, 0.25) is 11.4 Å². The van der Waals surface area contributed by atoms with Crippen LogP contribution in [0.1, 0.15) is 17.0 Å². The van der Waals surface area contributed by atoms with E-state index in [1.807, 2.05) is 30.3 Å². The third kappa shape index (κ3) is 2.40. The number of nitrogens with zero attached hydrogens (tertiary/aromatic N) is 1. The van der Waals surface area contributed by atoms with Crippen LogP contribution in [-0.4, -0.2) is 15.6 Å². The lowest BCUT2D eigenvalue weighted by atomic mass is 9.76. The van der Waals surface area contributed by atoms with Crippen LogP contribution in [0, 0.1) is 0 Å². The van der Waals surface area contributed by atoms with Gasteiger partial charge in [-0.1, -0.05) is 36.4 Å².